The molecule has 176 valence electrons. The minimum absolute atomic E-state index is 0.0736. The molecule has 0 unspecified atom stereocenters. The third-order valence-corrected chi connectivity index (χ3v) is 6.50. The second-order valence-corrected chi connectivity index (χ2v) is 8.77. The molecule has 1 aromatic carbocycles. The molecule has 0 aliphatic carbocycles. The summed E-state index contributed by atoms with van der Waals surface area (Å²) in [7, 11) is 11.0. The van der Waals surface area contributed by atoms with Crippen LogP contribution in [0.15, 0.2) is 35.4 Å². The first-order chi connectivity index (χ1) is 15.9. The third kappa shape index (κ3) is 4.28. The zero-order chi connectivity index (χ0) is 23.7. The Labute approximate surface area is 194 Å². The number of aromatic nitrogens is 2. The molecule has 3 aromatic rings. The first kappa shape index (κ1) is 23.1. The highest BCUT2D eigenvalue weighted by Gasteiger charge is 2.29. The number of nitrogens with one attached hydrogen (secondary N) is 1. The Kier molecular flexibility index (Phi) is 6.58. The maximum atomic E-state index is 12.8. The molecule has 0 radical (unpaired) electrons. The fourth-order valence-corrected chi connectivity index (χ4v) is 4.49. The number of likely N-dealkylation sites (N-methyl/N-ethyl adjacent to an activating group) is 1. The van der Waals surface area contributed by atoms with Gasteiger partial charge in [0.2, 0.25) is 0 Å². The predicted octanol–water partition coefficient (Wildman–Crippen LogP) is 2.48. The number of ether oxygens (including phenoxy) is 2. The molecule has 8 nitrogen and oxygen atoms in total. The van der Waals surface area contributed by atoms with Gasteiger partial charge in [0.05, 0.1) is 25.2 Å². The van der Waals surface area contributed by atoms with Crippen LogP contribution in [0.2, 0.25) is 0 Å². The van der Waals surface area contributed by atoms with Gasteiger partial charge in [-0.3, -0.25) is 9.69 Å². The molecule has 3 heterocycles. The summed E-state index contributed by atoms with van der Waals surface area (Å²) in [4.78, 5) is 21.6. The second kappa shape index (κ2) is 9.41. The van der Waals surface area contributed by atoms with Crippen LogP contribution in [0.4, 0.5) is 5.82 Å². The predicted molar refractivity (Wildman–Crippen MR) is 133 cm³/mol. The highest BCUT2D eigenvalue weighted by atomic mass is 16.5. The van der Waals surface area contributed by atoms with Crippen LogP contribution < -0.4 is 25.2 Å². The number of benzene rings is 1. The Morgan fingerprint density at radius 1 is 1.15 bits per heavy atom. The second-order valence-electron chi connectivity index (χ2n) is 8.77. The number of hydrogen-bond acceptors (Lipinski definition) is 7. The molecule has 1 aliphatic heterocycles. The Balaban J connectivity index is 1.85. The molecule has 1 saturated heterocycles. The van der Waals surface area contributed by atoms with Crippen LogP contribution in [-0.4, -0.2) is 68.9 Å². The van der Waals surface area contributed by atoms with Crippen molar-refractivity contribution in [1.29, 1.82) is 0 Å². The van der Waals surface area contributed by atoms with Crippen LogP contribution in [0.3, 0.4) is 0 Å². The van der Waals surface area contributed by atoms with Gasteiger partial charge in [0.15, 0.2) is 0 Å². The van der Waals surface area contributed by atoms with Crippen LogP contribution in [0.5, 0.6) is 11.5 Å². The Morgan fingerprint density at radius 2 is 1.85 bits per heavy atom. The monoisotopic (exact) mass is 451 g/mol. The molecular formula is C25H33N5O3. The summed E-state index contributed by atoms with van der Waals surface area (Å²) < 4.78 is 13.3. The van der Waals surface area contributed by atoms with Crippen molar-refractivity contribution in [2.75, 3.05) is 53.4 Å². The Bertz CT molecular complexity index is 1200. The number of nitrogens with zero attached hydrogens (tertiary/aromatic N) is 4. The van der Waals surface area contributed by atoms with Crippen LogP contribution in [0.1, 0.15) is 12.0 Å². The third-order valence-electron chi connectivity index (χ3n) is 6.50. The van der Waals surface area contributed by atoms with Crippen molar-refractivity contribution in [3.8, 4) is 22.6 Å². The average molecular weight is 452 g/mol. The largest absolute Gasteiger partial charge is 0.496 e. The minimum Gasteiger partial charge on any atom is -0.496 e. The van der Waals surface area contributed by atoms with E-state index in [1.165, 1.54) is 6.42 Å². The van der Waals surface area contributed by atoms with Gasteiger partial charge >= 0.3 is 0 Å². The molecule has 0 saturated carbocycles. The summed E-state index contributed by atoms with van der Waals surface area (Å²) in [6.07, 6.45) is 4.72. The molecule has 33 heavy (non-hydrogen) atoms. The maximum absolute atomic E-state index is 12.8. The van der Waals surface area contributed by atoms with Gasteiger partial charge in [-0.25, -0.2) is 4.98 Å². The van der Waals surface area contributed by atoms with Crippen LogP contribution in [0.25, 0.3) is 21.9 Å². The molecule has 1 aliphatic rings. The summed E-state index contributed by atoms with van der Waals surface area (Å²) in [5.41, 5.74) is 2.82. The normalized spacial score (nSPS) is 16.0. The fraction of sp³-hybridized carbons (Fsp3) is 0.440. The molecule has 1 fully saturated rings. The Hall–Kier alpha value is -3.10. The topological polar surface area (TPSA) is 71.9 Å². The molecular weight excluding hydrogens is 418 g/mol. The van der Waals surface area contributed by atoms with E-state index in [1.54, 1.807) is 32.0 Å². The number of fused-ring (bicyclic) bond motifs is 1. The van der Waals surface area contributed by atoms with Crippen molar-refractivity contribution in [2.24, 2.45) is 7.05 Å². The maximum Gasteiger partial charge on any atom is 0.259 e. The smallest absolute Gasteiger partial charge is 0.259 e. The first-order valence-corrected chi connectivity index (χ1v) is 11.2. The van der Waals surface area contributed by atoms with E-state index < -0.39 is 0 Å². The van der Waals surface area contributed by atoms with Gasteiger partial charge < -0.3 is 24.3 Å². The zero-order valence-corrected chi connectivity index (χ0v) is 20.3. The lowest BCUT2D eigenvalue weighted by atomic mass is 9.97. The lowest BCUT2D eigenvalue weighted by Gasteiger charge is -2.41. The van der Waals surface area contributed by atoms with E-state index in [-0.39, 0.29) is 5.56 Å². The van der Waals surface area contributed by atoms with Gasteiger partial charge in [-0.1, -0.05) is 0 Å². The lowest BCUT2D eigenvalue weighted by Crippen LogP contribution is -2.51. The molecule has 1 atom stereocenters. The number of pyridine rings is 2. The van der Waals surface area contributed by atoms with Crippen LogP contribution >= 0.6 is 0 Å². The number of aryl methyl sites for hydroxylation is 1. The van der Waals surface area contributed by atoms with Gasteiger partial charge in [-0.2, -0.15) is 0 Å². The molecule has 4 rings (SSSR count). The molecule has 1 N–H and O–H groups in total. The highest BCUT2D eigenvalue weighted by Crippen LogP contribution is 2.39. The number of methoxy groups -OCH3 is 2. The highest BCUT2D eigenvalue weighted by molar-refractivity contribution is 5.97. The molecule has 0 spiro atoms. The van der Waals surface area contributed by atoms with Crippen molar-refractivity contribution in [1.82, 2.24) is 19.8 Å². The van der Waals surface area contributed by atoms with Gasteiger partial charge in [-0.05, 0) is 37.2 Å². The van der Waals surface area contributed by atoms with E-state index in [1.807, 2.05) is 50.4 Å². The molecule has 2 aromatic heterocycles. The van der Waals surface area contributed by atoms with E-state index >= 15 is 0 Å². The fourth-order valence-electron chi connectivity index (χ4n) is 4.49. The number of hydrogen-bond donors (Lipinski definition) is 1. The van der Waals surface area contributed by atoms with Crippen molar-refractivity contribution in [2.45, 2.75) is 19.0 Å². The summed E-state index contributed by atoms with van der Waals surface area (Å²) >= 11 is 0. The lowest BCUT2D eigenvalue weighted by molar-refractivity contribution is 0.0810. The molecule has 8 heteroatoms. The number of likely N-dealkylation sites (tertiary alicyclic amines) is 1. The molecule has 0 amide bonds. The first-order valence-electron chi connectivity index (χ1n) is 11.2. The van der Waals surface area contributed by atoms with E-state index in [4.69, 9.17) is 9.47 Å². The van der Waals surface area contributed by atoms with E-state index in [2.05, 4.69) is 15.2 Å². The summed E-state index contributed by atoms with van der Waals surface area (Å²) in [5.74, 6) is 2.35. The van der Waals surface area contributed by atoms with Gasteiger partial charge in [0.1, 0.15) is 17.3 Å². The number of rotatable bonds is 8. The van der Waals surface area contributed by atoms with E-state index in [9.17, 15) is 4.79 Å². The van der Waals surface area contributed by atoms with Gasteiger partial charge in [0, 0.05) is 70.2 Å². The summed E-state index contributed by atoms with van der Waals surface area (Å²) in [6, 6.07) is 6.56. The standard InChI is InChI=1S/C25H33N5O3/c1-26-12-17-7-8-30(17)15-21-22(32-5)9-16(10-23(21)33-6)20-14-29(4)25(31)19-13-27-24(28(2)3)11-18(19)20/h9-11,13-14,17,26H,7-8,12,15H2,1-6H3/t17-/m0/s1. The number of anilines is 1. The van der Waals surface area contributed by atoms with Gasteiger partial charge in [-0.15, -0.1) is 0 Å². The van der Waals surface area contributed by atoms with Crippen molar-refractivity contribution < 1.29 is 9.47 Å². The van der Waals surface area contributed by atoms with E-state index in [0.717, 1.165) is 59.0 Å². The summed E-state index contributed by atoms with van der Waals surface area (Å²) in [6.45, 7) is 2.79. The van der Waals surface area contributed by atoms with Crippen molar-refractivity contribution in [3.63, 3.8) is 0 Å². The minimum atomic E-state index is -0.0736. The van der Waals surface area contributed by atoms with Gasteiger partial charge in [0.25, 0.3) is 5.56 Å². The van der Waals surface area contributed by atoms with E-state index in [0.29, 0.717) is 11.4 Å². The van der Waals surface area contributed by atoms with Crippen molar-refractivity contribution >= 4 is 16.6 Å². The molecule has 0 bridgehead atoms. The summed E-state index contributed by atoms with van der Waals surface area (Å²) in [5, 5.41) is 4.71. The van der Waals surface area contributed by atoms with Crippen LogP contribution in [0, 0.1) is 0 Å². The van der Waals surface area contributed by atoms with Crippen molar-refractivity contribution in [3.05, 3.63) is 46.5 Å². The Morgan fingerprint density at radius 3 is 2.39 bits per heavy atom. The quantitative estimate of drug-likeness (QED) is 0.564. The SMILES string of the molecule is CNC[C@@H]1CCN1Cc1c(OC)cc(-c2cn(C)c(=O)c3cnc(N(C)C)cc23)cc1OC. The zero-order valence-electron chi connectivity index (χ0n) is 20.3. The van der Waals surface area contributed by atoms with Crippen LogP contribution in [-0.2, 0) is 13.6 Å². The average Bonchev–Trinajstić information content (AvgIpc) is 2.81.